The van der Waals surface area contributed by atoms with Gasteiger partial charge in [0.2, 0.25) is 4.96 Å². The molecule has 2 atom stereocenters. The Bertz CT molecular complexity index is 551. The van der Waals surface area contributed by atoms with Crippen LogP contribution in [0.25, 0.3) is 4.96 Å². The highest BCUT2D eigenvalue weighted by atomic mass is 32.1. The Hall–Kier alpha value is -1.05. The van der Waals surface area contributed by atoms with Gasteiger partial charge >= 0.3 is 0 Å². The Morgan fingerprint density at radius 2 is 2.21 bits per heavy atom. The van der Waals surface area contributed by atoms with E-state index in [1.54, 1.807) is 18.4 Å². The first-order valence-electron chi connectivity index (χ1n) is 6.73. The molecule has 1 aliphatic rings. The summed E-state index contributed by atoms with van der Waals surface area (Å²) in [5, 5.41) is 14.1. The normalized spacial score (nSPS) is 24.1. The summed E-state index contributed by atoms with van der Waals surface area (Å²) in [7, 11) is 1.65. The molecule has 7 heteroatoms. The number of nitrogens with zero attached hydrogens (tertiary/aromatic N) is 4. The number of ether oxygens (including phenoxy) is 1. The van der Waals surface area contributed by atoms with E-state index in [1.165, 1.54) is 25.7 Å². The molecule has 0 aliphatic heterocycles. The lowest BCUT2D eigenvalue weighted by atomic mass is 9.80. The van der Waals surface area contributed by atoms with E-state index in [4.69, 9.17) is 10.5 Å². The summed E-state index contributed by atoms with van der Waals surface area (Å²) in [6.07, 6.45) is 4.96. The third kappa shape index (κ3) is 2.37. The molecule has 1 aliphatic carbocycles. The Kier molecular flexibility index (Phi) is 3.76. The van der Waals surface area contributed by atoms with E-state index in [0.29, 0.717) is 18.4 Å². The molecule has 2 N–H and O–H groups in total. The number of aromatic nitrogens is 4. The standard InChI is InChI=1S/C12H19N5OS/c1-18-7-10-14-15-12-17(10)16-11(19-12)9-5-3-2-4-8(9)6-13/h8-9H,2-7,13H2,1H3. The Labute approximate surface area is 116 Å². The quantitative estimate of drug-likeness (QED) is 0.920. The summed E-state index contributed by atoms with van der Waals surface area (Å²) >= 11 is 1.64. The number of nitrogens with two attached hydrogens (primary N) is 1. The van der Waals surface area contributed by atoms with E-state index < -0.39 is 0 Å². The van der Waals surface area contributed by atoms with Gasteiger partial charge in [-0.15, -0.1) is 10.2 Å². The highest BCUT2D eigenvalue weighted by Gasteiger charge is 2.29. The molecule has 0 aromatic carbocycles. The van der Waals surface area contributed by atoms with Gasteiger partial charge in [-0.1, -0.05) is 24.2 Å². The molecule has 2 aromatic heterocycles. The lowest BCUT2D eigenvalue weighted by molar-refractivity contribution is 0.176. The van der Waals surface area contributed by atoms with Crippen molar-refractivity contribution in [1.82, 2.24) is 19.8 Å². The molecule has 0 amide bonds. The van der Waals surface area contributed by atoms with Crippen LogP contribution < -0.4 is 5.73 Å². The minimum Gasteiger partial charge on any atom is -0.377 e. The molecular weight excluding hydrogens is 262 g/mol. The summed E-state index contributed by atoms with van der Waals surface area (Å²) < 4.78 is 6.92. The molecule has 0 spiro atoms. The molecule has 1 saturated carbocycles. The second-order valence-electron chi connectivity index (χ2n) is 5.07. The molecular formula is C12H19N5OS. The highest BCUT2D eigenvalue weighted by Crippen LogP contribution is 2.38. The third-order valence-electron chi connectivity index (χ3n) is 3.87. The Morgan fingerprint density at radius 3 is 3.00 bits per heavy atom. The van der Waals surface area contributed by atoms with Crippen molar-refractivity contribution in [2.24, 2.45) is 11.7 Å². The molecule has 6 nitrogen and oxygen atoms in total. The molecule has 19 heavy (non-hydrogen) atoms. The van der Waals surface area contributed by atoms with E-state index >= 15 is 0 Å². The number of fused-ring (bicyclic) bond motifs is 1. The van der Waals surface area contributed by atoms with Gasteiger partial charge in [0, 0.05) is 13.0 Å². The van der Waals surface area contributed by atoms with Gasteiger partial charge in [0.15, 0.2) is 5.82 Å². The van der Waals surface area contributed by atoms with Gasteiger partial charge in [0.1, 0.15) is 11.6 Å². The fourth-order valence-electron chi connectivity index (χ4n) is 2.86. The summed E-state index contributed by atoms with van der Waals surface area (Å²) in [5.74, 6) is 1.81. The monoisotopic (exact) mass is 281 g/mol. The van der Waals surface area contributed by atoms with E-state index in [0.717, 1.165) is 22.3 Å². The average molecular weight is 281 g/mol. The van der Waals surface area contributed by atoms with Crippen molar-refractivity contribution in [1.29, 1.82) is 0 Å². The molecule has 2 aromatic rings. The average Bonchev–Trinajstić information content (AvgIpc) is 3.01. The first kappa shape index (κ1) is 13.0. The van der Waals surface area contributed by atoms with E-state index in [9.17, 15) is 0 Å². The van der Waals surface area contributed by atoms with Gasteiger partial charge in [0.25, 0.3) is 0 Å². The maximum absolute atomic E-state index is 5.90. The van der Waals surface area contributed by atoms with Crippen LogP contribution in [-0.4, -0.2) is 33.5 Å². The minimum atomic E-state index is 0.440. The molecule has 0 saturated heterocycles. The zero-order valence-corrected chi connectivity index (χ0v) is 11.9. The summed E-state index contributed by atoms with van der Waals surface area (Å²) in [6, 6.07) is 0. The zero-order valence-electron chi connectivity index (χ0n) is 11.1. The molecule has 3 rings (SSSR count). The molecule has 2 unspecified atom stereocenters. The van der Waals surface area contributed by atoms with E-state index in [-0.39, 0.29) is 0 Å². The maximum Gasteiger partial charge on any atom is 0.234 e. The summed E-state index contributed by atoms with van der Waals surface area (Å²) in [6.45, 7) is 1.19. The number of hydrogen-bond donors (Lipinski definition) is 1. The molecule has 2 heterocycles. The van der Waals surface area contributed by atoms with Gasteiger partial charge in [-0.3, -0.25) is 0 Å². The van der Waals surface area contributed by atoms with Gasteiger partial charge in [-0.2, -0.15) is 9.61 Å². The summed E-state index contributed by atoms with van der Waals surface area (Å²) in [5.41, 5.74) is 5.90. The van der Waals surface area contributed by atoms with Crippen LogP contribution in [0, 0.1) is 5.92 Å². The SMILES string of the molecule is COCc1nnc2sc(C3CCCCC3CN)nn12. The van der Waals surface area contributed by atoms with Gasteiger partial charge in [-0.05, 0) is 25.3 Å². The lowest BCUT2D eigenvalue weighted by Crippen LogP contribution is -2.25. The van der Waals surface area contributed by atoms with Crippen molar-refractivity contribution < 1.29 is 4.74 Å². The predicted octanol–water partition coefficient (Wildman–Crippen LogP) is 1.56. The summed E-state index contributed by atoms with van der Waals surface area (Å²) in [4.78, 5) is 0.850. The van der Waals surface area contributed by atoms with Crippen LogP contribution in [0.15, 0.2) is 0 Å². The lowest BCUT2D eigenvalue weighted by Gasteiger charge is -2.28. The van der Waals surface area contributed by atoms with Crippen LogP contribution in [0.4, 0.5) is 0 Å². The molecule has 104 valence electrons. The fraction of sp³-hybridized carbons (Fsp3) is 0.750. The maximum atomic E-state index is 5.90. The molecule has 0 radical (unpaired) electrons. The van der Waals surface area contributed by atoms with Gasteiger partial charge < -0.3 is 10.5 Å². The van der Waals surface area contributed by atoms with Crippen LogP contribution in [0.2, 0.25) is 0 Å². The first-order valence-corrected chi connectivity index (χ1v) is 7.55. The Balaban J connectivity index is 1.91. The second-order valence-corrected chi connectivity index (χ2v) is 6.06. The molecule has 1 fully saturated rings. The van der Waals surface area contributed by atoms with E-state index in [1.807, 2.05) is 4.52 Å². The molecule has 0 bridgehead atoms. The van der Waals surface area contributed by atoms with Crippen molar-refractivity contribution in [3.8, 4) is 0 Å². The van der Waals surface area contributed by atoms with Crippen molar-refractivity contribution >= 4 is 16.3 Å². The van der Waals surface area contributed by atoms with Crippen molar-refractivity contribution in [2.75, 3.05) is 13.7 Å². The highest BCUT2D eigenvalue weighted by molar-refractivity contribution is 7.16. The zero-order chi connectivity index (χ0) is 13.2. The number of hydrogen-bond acceptors (Lipinski definition) is 6. The largest absolute Gasteiger partial charge is 0.377 e. The van der Waals surface area contributed by atoms with Crippen LogP contribution in [0.1, 0.15) is 42.4 Å². The minimum absolute atomic E-state index is 0.440. The third-order valence-corrected chi connectivity index (χ3v) is 4.90. The van der Waals surface area contributed by atoms with Crippen LogP contribution in [-0.2, 0) is 11.3 Å². The fourth-order valence-corrected chi connectivity index (χ4v) is 3.94. The predicted molar refractivity (Wildman–Crippen MR) is 73.1 cm³/mol. The first-order chi connectivity index (χ1) is 9.33. The van der Waals surface area contributed by atoms with Crippen molar-refractivity contribution in [2.45, 2.75) is 38.2 Å². The number of rotatable bonds is 4. The van der Waals surface area contributed by atoms with Gasteiger partial charge in [0.05, 0.1) is 0 Å². The van der Waals surface area contributed by atoms with Crippen LogP contribution in [0.5, 0.6) is 0 Å². The van der Waals surface area contributed by atoms with Gasteiger partial charge in [-0.25, -0.2) is 0 Å². The number of methoxy groups -OCH3 is 1. The Morgan fingerprint density at radius 1 is 1.37 bits per heavy atom. The topological polar surface area (TPSA) is 78.3 Å². The van der Waals surface area contributed by atoms with Crippen LogP contribution >= 0.6 is 11.3 Å². The van der Waals surface area contributed by atoms with Crippen molar-refractivity contribution in [3.63, 3.8) is 0 Å². The van der Waals surface area contributed by atoms with Crippen molar-refractivity contribution in [3.05, 3.63) is 10.8 Å². The van der Waals surface area contributed by atoms with E-state index in [2.05, 4.69) is 15.3 Å². The van der Waals surface area contributed by atoms with Crippen LogP contribution in [0.3, 0.4) is 0 Å². The second kappa shape index (κ2) is 5.52. The smallest absolute Gasteiger partial charge is 0.234 e.